The van der Waals surface area contributed by atoms with E-state index in [1.54, 1.807) is 20.8 Å². The monoisotopic (exact) mass is 433 g/mol. The minimum Gasteiger partial charge on any atom is -0.459 e. The molecule has 6 N–H and O–H groups in total. The highest BCUT2D eigenvalue weighted by molar-refractivity contribution is 5.88. The van der Waals surface area contributed by atoms with Crippen LogP contribution in [0.3, 0.4) is 0 Å². The van der Waals surface area contributed by atoms with E-state index in [1.165, 1.54) is 27.7 Å². The third-order valence-electron chi connectivity index (χ3n) is 6.72. The first-order valence-electron chi connectivity index (χ1n) is 10.5. The van der Waals surface area contributed by atoms with Crippen LogP contribution in [0.5, 0.6) is 0 Å². The first-order valence-corrected chi connectivity index (χ1v) is 10.5. The van der Waals surface area contributed by atoms with Gasteiger partial charge in [-0.25, -0.2) is 0 Å². The molecule has 0 aromatic carbocycles. The maximum absolute atomic E-state index is 12.6. The van der Waals surface area contributed by atoms with Gasteiger partial charge in [-0.05, 0) is 33.6 Å². The van der Waals surface area contributed by atoms with Gasteiger partial charge in [-0.15, -0.1) is 0 Å². The summed E-state index contributed by atoms with van der Waals surface area (Å²) in [7, 11) is 0. The quantitative estimate of drug-likeness (QED) is 0.200. The molecule has 0 amide bonds. The largest absolute Gasteiger partial charge is 0.459 e. The Morgan fingerprint density at radius 2 is 1.57 bits per heavy atom. The summed E-state index contributed by atoms with van der Waals surface area (Å²) in [5.41, 5.74) is -3.44. The van der Waals surface area contributed by atoms with Crippen LogP contribution in [0.25, 0.3) is 0 Å². The van der Waals surface area contributed by atoms with Gasteiger partial charge in [0.15, 0.2) is 0 Å². The summed E-state index contributed by atoms with van der Waals surface area (Å²) in [6, 6.07) is 0. The molecule has 0 aromatic heterocycles. The van der Waals surface area contributed by atoms with E-state index in [2.05, 4.69) is 5.16 Å². The number of rotatable bonds is 1. The zero-order valence-electron chi connectivity index (χ0n) is 19.0. The normalized spacial score (nSPS) is 48.8. The molecule has 0 aromatic rings. The van der Waals surface area contributed by atoms with Gasteiger partial charge in [0.05, 0.1) is 35.5 Å². The second-order valence-corrected chi connectivity index (χ2v) is 9.36. The topological polar surface area (TPSA) is 160 Å². The first kappa shape index (κ1) is 26.8. The van der Waals surface area contributed by atoms with Crippen molar-refractivity contribution in [3.8, 4) is 0 Å². The van der Waals surface area contributed by atoms with Crippen molar-refractivity contribution in [2.45, 2.75) is 96.9 Å². The Kier molecular flexibility index (Phi) is 8.84. The summed E-state index contributed by atoms with van der Waals surface area (Å²) >= 11 is 0. The second kappa shape index (κ2) is 9.91. The molecule has 10 atom stereocenters. The second-order valence-electron chi connectivity index (χ2n) is 9.36. The number of aliphatic hydroxyl groups is 5. The number of ether oxygens (including phenoxy) is 1. The predicted molar refractivity (Wildman–Crippen MR) is 110 cm³/mol. The van der Waals surface area contributed by atoms with Crippen LogP contribution in [0.4, 0.5) is 0 Å². The smallest absolute Gasteiger partial charge is 0.311 e. The summed E-state index contributed by atoms with van der Waals surface area (Å²) in [6.07, 6.45) is -5.11. The third kappa shape index (κ3) is 5.31. The lowest BCUT2D eigenvalue weighted by atomic mass is 9.74. The fourth-order valence-electron chi connectivity index (χ4n) is 4.55. The van der Waals surface area contributed by atoms with Crippen molar-refractivity contribution in [1.29, 1.82) is 0 Å². The van der Waals surface area contributed by atoms with Crippen molar-refractivity contribution < 1.29 is 40.3 Å². The molecule has 1 heterocycles. The van der Waals surface area contributed by atoms with E-state index >= 15 is 0 Å². The zero-order valence-corrected chi connectivity index (χ0v) is 19.0. The minimum atomic E-state index is -1.87. The Morgan fingerprint density at radius 3 is 2.03 bits per heavy atom. The lowest BCUT2D eigenvalue weighted by Gasteiger charge is -2.42. The van der Waals surface area contributed by atoms with Crippen molar-refractivity contribution in [2.75, 3.05) is 0 Å². The van der Waals surface area contributed by atoms with Crippen LogP contribution >= 0.6 is 0 Å². The average molecular weight is 434 g/mol. The fraction of sp³-hybridized carbons (Fsp3) is 0.905. The van der Waals surface area contributed by atoms with E-state index in [4.69, 9.17) is 4.74 Å². The van der Waals surface area contributed by atoms with Gasteiger partial charge >= 0.3 is 5.97 Å². The molecule has 1 aliphatic rings. The van der Waals surface area contributed by atoms with Gasteiger partial charge in [0.2, 0.25) is 0 Å². The van der Waals surface area contributed by atoms with E-state index < -0.39 is 65.3 Å². The minimum absolute atomic E-state index is 0.0418. The number of oxime groups is 1. The van der Waals surface area contributed by atoms with E-state index in [0.29, 0.717) is 0 Å². The van der Waals surface area contributed by atoms with Crippen LogP contribution in [0.2, 0.25) is 0 Å². The summed E-state index contributed by atoms with van der Waals surface area (Å²) in [5.74, 6) is -4.14. The van der Waals surface area contributed by atoms with Crippen LogP contribution in [0.15, 0.2) is 5.16 Å². The van der Waals surface area contributed by atoms with Crippen LogP contribution in [-0.2, 0) is 9.53 Å². The molecule has 9 nitrogen and oxygen atoms in total. The number of esters is 1. The maximum Gasteiger partial charge on any atom is 0.311 e. The van der Waals surface area contributed by atoms with Crippen molar-refractivity contribution in [3.05, 3.63) is 0 Å². The van der Waals surface area contributed by atoms with E-state index in [0.717, 1.165) is 0 Å². The molecule has 176 valence electrons. The van der Waals surface area contributed by atoms with Crippen LogP contribution < -0.4 is 0 Å². The van der Waals surface area contributed by atoms with Gasteiger partial charge in [-0.1, -0.05) is 32.9 Å². The maximum atomic E-state index is 12.6. The van der Waals surface area contributed by atoms with Gasteiger partial charge < -0.3 is 35.5 Å². The molecular weight excluding hydrogens is 394 g/mol. The molecule has 0 radical (unpaired) electrons. The Labute approximate surface area is 178 Å². The van der Waals surface area contributed by atoms with Crippen molar-refractivity contribution >= 4 is 11.7 Å². The summed E-state index contributed by atoms with van der Waals surface area (Å²) in [4.78, 5) is 12.6. The van der Waals surface area contributed by atoms with E-state index in [1.807, 2.05) is 0 Å². The highest BCUT2D eigenvalue weighted by atomic mass is 16.6. The van der Waals surface area contributed by atoms with Gasteiger partial charge in [0, 0.05) is 17.8 Å². The molecule has 0 bridgehead atoms. The van der Waals surface area contributed by atoms with E-state index in [-0.39, 0.29) is 18.6 Å². The number of nitrogens with zero attached hydrogens (tertiary/aromatic N) is 1. The Hall–Kier alpha value is -1.26. The number of carbonyl (C=O) groups is 1. The number of cyclic esters (lactones) is 1. The van der Waals surface area contributed by atoms with Crippen LogP contribution in [0.1, 0.15) is 61.3 Å². The summed E-state index contributed by atoms with van der Waals surface area (Å²) in [5, 5.41) is 67.0. The first-order chi connectivity index (χ1) is 13.6. The van der Waals surface area contributed by atoms with Gasteiger partial charge in [0.25, 0.3) is 0 Å². The van der Waals surface area contributed by atoms with Gasteiger partial charge in [-0.2, -0.15) is 0 Å². The fourth-order valence-corrected chi connectivity index (χ4v) is 4.55. The number of hydrogen-bond acceptors (Lipinski definition) is 9. The molecule has 30 heavy (non-hydrogen) atoms. The lowest BCUT2D eigenvalue weighted by Crippen LogP contribution is -2.57. The van der Waals surface area contributed by atoms with Crippen molar-refractivity contribution in [3.63, 3.8) is 0 Å². The van der Waals surface area contributed by atoms with Crippen molar-refractivity contribution in [1.82, 2.24) is 0 Å². The van der Waals surface area contributed by atoms with E-state index in [9.17, 15) is 35.5 Å². The molecular formula is C21H39NO8. The molecule has 0 unspecified atom stereocenters. The molecule has 0 spiro atoms. The Morgan fingerprint density at radius 1 is 1.03 bits per heavy atom. The number of aliphatic hydroxyl groups excluding tert-OH is 3. The lowest BCUT2D eigenvalue weighted by molar-refractivity contribution is -0.191. The predicted octanol–water partition coefficient (Wildman–Crippen LogP) is 0.671. The summed E-state index contributed by atoms with van der Waals surface area (Å²) in [6.45, 7) is 10.6. The summed E-state index contributed by atoms with van der Waals surface area (Å²) < 4.78 is 5.44. The van der Waals surface area contributed by atoms with Gasteiger partial charge in [0.1, 0.15) is 11.7 Å². The zero-order chi connectivity index (χ0) is 23.6. The third-order valence-corrected chi connectivity index (χ3v) is 6.72. The molecule has 1 aliphatic heterocycles. The average Bonchev–Trinajstić information content (AvgIpc) is 2.67. The SMILES string of the molecule is CC[C@@H]1OC(=O)[C@@H](C)[C@@H](O)[C@@H](C)[C@@H](O)[C@](C)(O)C[C@@H](C)/C(=N/O)[C@@H](C)[C@@H](O)[C@]1(C)O. The van der Waals surface area contributed by atoms with Crippen molar-refractivity contribution in [2.24, 2.45) is 28.8 Å². The highest BCUT2D eigenvalue weighted by Gasteiger charge is 2.48. The van der Waals surface area contributed by atoms with Gasteiger partial charge in [-0.3, -0.25) is 4.79 Å². The molecule has 1 rings (SSSR count). The number of hydrogen-bond donors (Lipinski definition) is 6. The highest BCUT2D eigenvalue weighted by Crippen LogP contribution is 2.34. The number of carbonyl (C=O) groups excluding carboxylic acids is 1. The standard InChI is InChI=1S/C21H39NO8/c1-8-14-21(7,28)18(25)11(3)15(22-29)10(2)9-20(6,27)17(24)12(4)16(23)13(5)19(26)30-14/h10-14,16-18,23-25,27-29H,8-9H2,1-7H3/b22-15-/t10-,11-,12-,13+,14+,16+,17-,18-,20-,21-/m1/s1. The molecule has 1 saturated heterocycles. The Bertz CT molecular complexity index is 620. The molecule has 9 heteroatoms. The molecule has 0 aliphatic carbocycles. The molecule has 1 fully saturated rings. The molecule has 0 saturated carbocycles. The van der Waals surface area contributed by atoms with Crippen LogP contribution in [0, 0.1) is 23.7 Å². The Balaban J connectivity index is 3.50. The van der Waals surface area contributed by atoms with Crippen LogP contribution in [-0.4, -0.2) is 78.0 Å².